The van der Waals surface area contributed by atoms with E-state index in [1.165, 1.54) is 25.7 Å². The summed E-state index contributed by atoms with van der Waals surface area (Å²) in [5, 5.41) is 3.08. The molecule has 6 rings (SSSR count). The van der Waals surface area contributed by atoms with Gasteiger partial charge in [0.05, 0.1) is 23.5 Å². The molecule has 0 aromatic heterocycles. The van der Waals surface area contributed by atoms with Crippen LogP contribution in [0.4, 0.5) is 20.2 Å². The van der Waals surface area contributed by atoms with Gasteiger partial charge in [-0.05, 0) is 108 Å². The number of nitrogens with one attached hydrogen (secondary N) is 1. The number of rotatable bonds is 3. The van der Waals surface area contributed by atoms with Crippen LogP contribution in [-0.2, 0) is 16.9 Å². The van der Waals surface area contributed by atoms with Crippen molar-refractivity contribution in [2.45, 2.75) is 69.5 Å². The number of anilines is 2. The topological polar surface area (TPSA) is 41.6 Å². The van der Waals surface area contributed by atoms with E-state index in [2.05, 4.69) is 38.9 Å². The van der Waals surface area contributed by atoms with Crippen molar-refractivity contribution in [3.05, 3.63) is 56.7 Å². The minimum Gasteiger partial charge on any atom is -0.371 e. The van der Waals surface area contributed by atoms with E-state index in [0.29, 0.717) is 36.1 Å². The number of nitrogens with zero attached hydrogens (tertiary/aromatic N) is 1. The Bertz CT molecular complexity index is 1130. The summed E-state index contributed by atoms with van der Waals surface area (Å²) in [6.45, 7) is 2.42. The van der Waals surface area contributed by atoms with E-state index in [4.69, 9.17) is 4.74 Å². The maximum absolute atomic E-state index is 13.8. The van der Waals surface area contributed by atoms with Crippen LogP contribution < -0.4 is 10.2 Å². The number of halogens is 3. The SMILES string of the molecule is O=C(Nc1ccc2c(c1)C1(CCC(F)(F)CC1)OC2)c1ccc(I)cc1N1CCC2(CC1)CC2. The third-order valence-electron chi connectivity index (χ3n) is 8.48. The summed E-state index contributed by atoms with van der Waals surface area (Å²) < 4.78 is 34.8. The fraction of sp³-hybridized carbons (Fsp3) is 0.519. The lowest BCUT2D eigenvalue weighted by Gasteiger charge is -2.37. The first-order chi connectivity index (χ1) is 16.3. The van der Waals surface area contributed by atoms with Gasteiger partial charge in [-0.2, -0.15) is 0 Å². The molecule has 0 radical (unpaired) electrons. The highest BCUT2D eigenvalue weighted by atomic mass is 127. The number of benzene rings is 2. The summed E-state index contributed by atoms with van der Waals surface area (Å²) >= 11 is 2.30. The number of hydrogen-bond acceptors (Lipinski definition) is 3. The lowest BCUT2D eigenvalue weighted by atomic mass is 9.77. The molecular weight excluding hydrogens is 549 g/mol. The van der Waals surface area contributed by atoms with Crippen molar-refractivity contribution < 1.29 is 18.3 Å². The predicted molar refractivity (Wildman–Crippen MR) is 137 cm³/mol. The van der Waals surface area contributed by atoms with Gasteiger partial charge in [-0.3, -0.25) is 4.79 Å². The molecule has 2 aromatic carbocycles. The number of piperidine rings is 1. The summed E-state index contributed by atoms with van der Waals surface area (Å²) in [5.41, 5.74) is 4.26. The Morgan fingerprint density at radius 3 is 2.38 bits per heavy atom. The van der Waals surface area contributed by atoms with E-state index in [-0.39, 0.29) is 18.7 Å². The van der Waals surface area contributed by atoms with Crippen LogP contribution in [0.2, 0.25) is 0 Å². The Morgan fingerprint density at radius 1 is 0.941 bits per heavy atom. The molecule has 2 aliphatic carbocycles. The molecule has 34 heavy (non-hydrogen) atoms. The van der Waals surface area contributed by atoms with Gasteiger partial charge >= 0.3 is 0 Å². The number of carbonyl (C=O) groups excluding carboxylic acids is 1. The van der Waals surface area contributed by atoms with Crippen molar-refractivity contribution >= 4 is 39.9 Å². The Morgan fingerprint density at radius 2 is 1.68 bits per heavy atom. The Hall–Kier alpha value is -1.74. The zero-order valence-corrected chi connectivity index (χ0v) is 21.3. The first-order valence-corrected chi connectivity index (χ1v) is 13.4. The smallest absolute Gasteiger partial charge is 0.257 e. The quantitative estimate of drug-likeness (QED) is 0.405. The van der Waals surface area contributed by atoms with Gasteiger partial charge < -0.3 is 15.0 Å². The van der Waals surface area contributed by atoms with Crippen LogP contribution in [0, 0.1) is 8.99 Å². The molecule has 180 valence electrons. The van der Waals surface area contributed by atoms with Crippen molar-refractivity contribution in [3.8, 4) is 0 Å². The van der Waals surface area contributed by atoms with Crippen LogP contribution in [0.3, 0.4) is 0 Å². The van der Waals surface area contributed by atoms with Crippen LogP contribution in [0.25, 0.3) is 0 Å². The number of fused-ring (bicyclic) bond motifs is 2. The highest BCUT2D eigenvalue weighted by molar-refractivity contribution is 14.1. The Kier molecular flexibility index (Phi) is 5.44. The van der Waals surface area contributed by atoms with Gasteiger partial charge in [0.1, 0.15) is 0 Å². The van der Waals surface area contributed by atoms with Crippen LogP contribution in [0.1, 0.15) is 72.9 Å². The summed E-state index contributed by atoms with van der Waals surface area (Å²) in [4.78, 5) is 15.8. The first-order valence-electron chi connectivity index (χ1n) is 12.3. The maximum atomic E-state index is 13.8. The van der Waals surface area contributed by atoms with Crippen molar-refractivity contribution in [2.75, 3.05) is 23.3 Å². The fourth-order valence-corrected chi connectivity index (χ4v) is 6.46. The average molecular weight is 578 g/mol. The number of carbonyl (C=O) groups is 1. The highest BCUT2D eigenvalue weighted by Crippen LogP contribution is 2.54. The summed E-state index contributed by atoms with van der Waals surface area (Å²) in [5.74, 6) is -2.75. The molecule has 7 heteroatoms. The van der Waals surface area contributed by atoms with E-state index in [0.717, 1.165) is 33.5 Å². The second kappa shape index (κ2) is 8.15. The van der Waals surface area contributed by atoms with Gasteiger partial charge in [-0.25, -0.2) is 8.78 Å². The molecule has 2 spiro atoms. The lowest BCUT2D eigenvalue weighted by molar-refractivity contribution is -0.130. The van der Waals surface area contributed by atoms with E-state index >= 15 is 0 Å². The summed E-state index contributed by atoms with van der Waals surface area (Å²) in [6, 6.07) is 11.8. The molecule has 2 aromatic rings. The number of alkyl halides is 2. The third kappa shape index (κ3) is 4.12. The molecule has 4 nitrogen and oxygen atoms in total. The van der Waals surface area contributed by atoms with Crippen molar-refractivity contribution in [1.82, 2.24) is 0 Å². The van der Waals surface area contributed by atoms with Gasteiger partial charge in [-0.15, -0.1) is 0 Å². The second-order valence-corrected chi connectivity index (χ2v) is 11.9. The van der Waals surface area contributed by atoms with Gasteiger partial charge in [0.25, 0.3) is 5.91 Å². The highest BCUT2D eigenvalue weighted by Gasteiger charge is 2.48. The van der Waals surface area contributed by atoms with Crippen LogP contribution in [0.15, 0.2) is 36.4 Å². The minimum atomic E-state index is -2.61. The van der Waals surface area contributed by atoms with Gasteiger partial charge in [0.2, 0.25) is 5.92 Å². The third-order valence-corrected chi connectivity index (χ3v) is 9.15. The molecular formula is C27H29F2IN2O2. The van der Waals surface area contributed by atoms with Crippen LogP contribution >= 0.6 is 22.6 Å². The predicted octanol–water partition coefficient (Wildman–Crippen LogP) is 6.86. The average Bonchev–Trinajstić information content (AvgIpc) is 3.48. The van der Waals surface area contributed by atoms with E-state index in [9.17, 15) is 13.6 Å². The molecule has 2 saturated carbocycles. The fourth-order valence-electron chi connectivity index (χ4n) is 5.99. The summed E-state index contributed by atoms with van der Waals surface area (Å²) in [6.07, 6.45) is 5.39. The molecule has 1 N–H and O–H groups in total. The molecule has 3 fully saturated rings. The minimum absolute atomic E-state index is 0.138. The largest absolute Gasteiger partial charge is 0.371 e. The number of ether oxygens (including phenoxy) is 1. The standard InChI is InChI=1S/C27H29F2IN2O2/c28-27(29)9-7-26(8-10-27)22-16-20(3-1-18(22)17-34-26)31-24(33)21-4-2-19(30)15-23(21)32-13-11-25(5-6-25)12-14-32/h1-4,15-16H,5-14,17H2,(H,31,33). The van der Waals surface area contributed by atoms with Gasteiger partial charge in [0, 0.05) is 35.2 Å². The molecule has 4 aliphatic rings. The monoisotopic (exact) mass is 578 g/mol. The zero-order chi connectivity index (χ0) is 23.6. The van der Waals surface area contributed by atoms with Crippen molar-refractivity contribution in [3.63, 3.8) is 0 Å². The summed E-state index contributed by atoms with van der Waals surface area (Å²) in [7, 11) is 0. The second-order valence-electron chi connectivity index (χ2n) is 10.6. The zero-order valence-electron chi connectivity index (χ0n) is 19.1. The molecule has 1 saturated heterocycles. The number of amides is 1. The molecule has 2 heterocycles. The molecule has 1 amide bonds. The van der Waals surface area contributed by atoms with Gasteiger partial charge in [0.15, 0.2) is 0 Å². The lowest BCUT2D eigenvalue weighted by Crippen LogP contribution is -2.36. The molecule has 2 aliphatic heterocycles. The maximum Gasteiger partial charge on any atom is 0.257 e. The van der Waals surface area contributed by atoms with Crippen molar-refractivity contribution in [2.24, 2.45) is 5.41 Å². The van der Waals surface area contributed by atoms with E-state index in [1.54, 1.807) is 0 Å². The van der Waals surface area contributed by atoms with Crippen molar-refractivity contribution in [1.29, 1.82) is 0 Å². The Balaban J connectivity index is 1.23. The number of hydrogen-bond donors (Lipinski definition) is 1. The first kappa shape index (κ1) is 22.7. The van der Waals surface area contributed by atoms with Gasteiger partial charge in [-0.1, -0.05) is 6.07 Å². The van der Waals surface area contributed by atoms with Crippen LogP contribution in [-0.4, -0.2) is 24.9 Å². The van der Waals surface area contributed by atoms with E-state index < -0.39 is 11.5 Å². The normalized spacial score (nSPS) is 23.7. The Labute approximate surface area is 212 Å². The molecule has 0 unspecified atom stereocenters. The van der Waals surface area contributed by atoms with E-state index in [1.807, 2.05) is 30.3 Å². The molecule has 0 bridgehead atoms. The molecule has 0 atom stereocenters. The van der Waals surface area contributed by atoms with Crippen LogP contribution in [0.5, 0.6) is 0 Å².